The van der Waals surface area contributed by atoms with Crippen molar-refractivity contribution in [3.05, 3.63) is 83.1 Å². The molecule has 1 aromatic heterocycles. The molecule has 0 fully saturated rings. The normalized spacial score (nSPS) is 10.3. The zero-order valence-corrected chi connectivity index (χ0v) is 13.7. The standard InChI is InChI=1S/C19H17N3O3/c1-13-11-17(22-25-13)21-19(24)16-9-7-14(8-10-16)12-20-18(23)15-5-3-2-4-6-15/h2-11H,12H2,1H3,(H,20,23)(H,21,22,24). The summed E-state index contributed by atoms with van der Waals surface area (Å²) >= 11 is 0. The minimum absolute atomic E-state index is 0.135. The van der Waals surface area contributed by atoms with E-state index in [0.717, 1.165) is 5.56 Å². The third-order valence-corrected chi connectivity index (χ3v) is 3.57. The van der Waals surface area contributed by atoms with Crippen molar-refractivity contribution in [2.75, 3.05) is 5.32 Å². The number of nitrogens with zero attached hydrogens (tertiary/aromatic N) is 1. The predicted octanol–water partition coefficient (Wildman–Crippen LogP) is 3.17. The van der Waals surface area contributed by atoms with E-state index in [1.807, 2.05) is 18.2 Å². The van der Waals surface area contributed by atoms with Crippen LogP contribution in [0.25, 0.3) is 0 Å². The number of aryl methyl sites for hydroxylation is 1. The number of nitrogens with one attached hydrogen (secondary N) is 2. The number of hydrogen-bond acceptors (Lipinski definition) is 4. The molecule has 0 aliphatic carbocycles. The summed E-state index contributed by atoms with van der Waals surface area (Å²) in [7, 11) is 0. The third kappa shape index (κ3) is 4.32. The van der Waals surface area contributed by atoms with E-state index in [2.05, 4.69) is 15.8 Å². The summed E-state index contributed by atoms with van der Waals surface area (Å²) in [4.78, 5) is 24.1. The molecule has 2 amide bonds. The number of hydrogen-bond donors (Lipinski definition) is 2. The van der Waals surface area contributed by atoms with Crippen molar-refractivity contribution in [1.29, 1.82) is 0 Å². The molecule has 6 heteroatoms. The number of carbonyl (C=O) groups excluding carboxylic acids is 2. The molecular formula is C19H17N3O3. The van der Waals surface area contributed by atoms with Crippen molar-refractivity contribution in [2.45, 2.75) is 13.5 Å². The summed E-state index contributed by atoms with van der Waals surface area (Å²) in [6.45, 7) is 2.14. The SMILES string of the molecule is Cc1cc(NC(=O)c2ccc(CNC(=O)c3ccccc3)cc2)no1. The highest BCUT2D eigenvalue weighted by molar-refractivity contribution is 6.03. The molecule has 1 heterocycles. The van der Waals surface area contributed by atoms with Crippen LogP contribution in [0.4, 0.5) is 5.82 Å². The van der Waals surface area contributed by atoms with Gasteiger partial charge in [-0.2, -0.15) is 0 Å². The second-order valence-electron chi connectivity index (χ2n) is 5.52. The van der Waals surface area contributed by atoms with E-state index in [4.69, 9.17) is 4.52 Å². The molecule has 126 valence electrons. The van der Waals surface area contributed by atoms with Crippen LogP contribution in [0.2, 0.25) is 0 Å². The van der Waals surface area contributed by atoms with Gasteiger partial charge >= 0.3 is 0 Å². The highest BCUT2D eigenvalue weighted by Gasteiger charge is 2.09. The summed E-state index contributed by atoms with van der Waals surface area (Å²) in [5.41, 5.74) is 2.01. The Bertz CT molecular complexity index is 870. The van der Waals surface area contributed by atoms with Crippen molar-refractivity contribution in [3.63, 3.8) is 0 Å². The molecule has 0 radical (unpaired) electrons. The van der Waals surface area contributed by atoms with Crippen molar-refractivity contribution < 1.29 is 14.1 Å². The maximum absolute atomic E-state index is 12.1. The first-order valence-electron chi connectivity index (χ1n) is 7.79. The fourth-order valence-corrected chi connectivity index (χ4v) is 2.26. The molecular weight excluding hydrogens is 318 g/mol. The van der Waals surface area contributed by atoms with Crippen LogP contribution in [0.15, 0.2) is 65.2 Å². The molecule has 2 N–H and O–H groups in total. The van der Waals surface area contributed by atoms with E-state index in [1.165, 1.54) is 0 Å². The minimum atomic E-state index is -0.270. The monoisotopic (exact) mass is 335 g/mol. The Kier molecular flexibility index (Phi) is 4.89. The Hall–Kier alpha value is -3.41. The topological polar surface area (TPSA) is 84.2 Å². The molecule has 0 saturated carbocycles. The molecule has 0 spiro atoms. The van der Waals surface area contributed by atoms with Crippen LogP contribution in [0.1, 0.15) is 32.0 Å². The van der Waals surface area contributed by atoms with Crippen molar-refractivity contribution in [1.82, 2.24) is 10.5 Å². The predicted molar refractivity (Wildman–Crippen MR) is 93.2 cm³/mol. The lowest BCUT2D eigenvalue weighted by molar-refractivity contribution is 0.0949. The second kappa shape index (κ2) is 7.44. The number of carbonyl (C=O) groups is 2. The van der Waals surface area contributed by atoms with E-state index in [-0.39, 0.29) is 11.8 Å². The summed E-state index contributed by atoms with van der Waals surface area (Å²) < 4.78 is 4.91. The van der Waals surface area contributed by atoms with Gasteiger partial charge in [0, 0.05) is 23.7 Å². The van der Waals surface area contributed by atoms with Gasteiger partial charge in [-0.1, -0.05) is 35.5 Å². The Balaban J connectivity index is 1.56. The molecule has 25 heavy (non-hydrogen) atoms. The fraction of sp³-hybridized carbons (Fsp3) is 0.105. The molecule has 0 aliphatic rings. The maximum atomic E-state index is 12.1. The molecule has 0 aliphatic heterocycles. The molecule has 6 nitrogen and oxygen atoms in total. The average molecular weight is 335 g/mol. The molecule has 0 atom stereocenters. The number of rotatable bonds is 5. The van der Waals surface area contributed by atoms with Gasteiger partial charge in [0.05, 0.1) is 0 Å². The van der Waals surface area contributed by atoms with Crippen LogP contribution in [-0.2, 0) is 6.54 Å². The van der Waals surface area contributed by atoms with E-state index in [0.29, 0.717) is 29.2 Å². The molecule has 0 unspecified atom stereocenters. The smallest absolute Gasteiger partial charge is 0.256 e. The van der Waals surface area contributed by atoms with Crippen molar-refractivity contribution >= 4 is 17.6 Å². The summed E-state index contributed by atoms with van der Waals surface area (Å²) in [5, 5.41) is 9.22. The van der Waals surface area contributed by atoms with E-state index in [9.17, 15) is 9.59 Å². The van der Waals surface area contributed by atoms with E-state index < -0.39 is 0 Å². The number of aromatic nitrogens is 1. The van der Waals surface area contributed by atoms with Gasteiger partial charge in [-0.25, -0.2) is 0 Å². The Morgan fingerprint density at radius 1 is 0.960 bits per heavy atom. The van der Waals surface area contributed by atoms with E-state index in [1.54, 1.807) is 49.4 Å². The second-order valence-corrected chi connectivity index (χ2v) is 5.52. The van der Waals surface area contributed by atoms with Crippen LogP contribution in [-0.4, -0.2) is 17.0 Å². The Morgan fingerprint density at radius 2 is 1.64 bits per heavy atom. The molecule has 3 rings (SSSR count). The Morgan fingerprint density at radius 3 is 2.28 bits per heavy atom. The van der Waals surface area contributed by atoms with Gasteiger partial charge in [-0.05, 0) is 36.8 Å². The lowest BCUT2D eigenvalue weighted by Crippen LogP contribution is -2.22. The van der Waals surface area contributed by atoms with Crippen LogP contribution < -0.4 is 10.6 Å². The number of amides is 2. The first-order valence-corrected chi connectivity index (χ1v) is 7.79. The maximum Gasteiger partial charge on any atom is 0.256 e. The largest absolute Gasteiger partial charge is 0.360 e. The third-order valence-electron chi connectivity index (χ3n) is 3.57. The van der Waals surface area contributed by atoms with Gasteiger partial charge in [-0.3, -0.25) is 9.59 Å². The lowest BCUT2D eigenvalue weighted by Gasteiger charge is -2.06. The van der Waals surface area contributed by atoms with Crippen LogP contribution in [0.3, 0.4) is 0 Å². The zero-order chi connectivity index (χ0) is 17.6. The van der Waals surface area contributed by atoms with Gasteiger partial charge in [0.15, 0.2) is 5.82 Å². The van der Waals surface area contributed by atoms with Crippen molar-refractivity contribution in [2.24, 2.45) is 0 Å². The number of anilines is 1. The first kappa shape index (κ1) is 16.4. The zero-order valence-electron chi connectivity index (χ0n) is 13.7. The van der Waals surface area contributed by atoms with Crippen molar-refractivity contribution in [3.8, 4) is 0 Å². The molecule has 0 saturated heterocycles. The highest BCUT2D eigenvalue weighted by atomic mass is 16.5. The highest BCUT2D eigenvalue weighted by Crippen LogP contribution is 2.11. The average Bonchev–Trinajstić information content (AvgIpc) is 3.05. The van der Waals surface area contributed by atoms with Gasteiger partial charge in [0.1, 0.15) is 5.76 Å². The minimum Gasteiger partial charge on any atom is -0.360 e. The van der Waals surface area contributed by atoms with Gasteiger partial charge < -0.3 is 15.2 Å². The van der Waals surface area contributed by atoms with E-state index >= 15 is 0 Å². The summed E-state index contributed by atoms with van der Waals surface area (Å²) in [6, 6.07) is 17.7. The summed E-state index contributed by atoms with van der Waals surface area (Å²) in [6.07, 6.45) is 0. The van der Waals surface area contributed by atoms with Crippen LogP contribution in [0, 0.1) is 6.92 Å². The van der Waals surface area contributed by atoms with Gasteiger partial charge in [-0.15, -0.1) is 0 Å². The fourth-order valence-electron chi connectivity index (χ4n) is 2.26. The first-order chi connectivity index (χ1) is 12.1. The summed E-state index contributed by atoms with van der Waals surface area (Å²) in [5.74, 6) is 0.596. The Labute approximate surface area is 144 Å². The quantitative estimate of drug-likeness (QED) is 0.750. The number of benzene rings is 2. The molecule has 0 bridgehead atoms. The van der Waals surface area contributed by atoms with Crippen LogP contribution >= 0.6 is 0 Å². The lowest BCUT2D eigenvalue weighted by atomic mass is 10.1. The van der Waals surface area contributed by atoms with Gasteiger partial charge in [0.25, 0.3) is 11.8 Å². The van der Waals surface area contributed by atoms with Crippen LogP contribution in [0.5, 0.6) is 0 Å². The molecule has 2 aromatic carbocycles. The molecule has 3 aromatic rings. The van der Waals surface area contributed by atoms with Gasteiger partial charge in [0.2, 0.25) is 0 Å².